The third-order valence-corrected chi connectivity index (χ3v) is 4.84. The normalized spacial score (nSPS) is 17.0. The Labute approximate surface area is 141 Å². The van der Waals surface area contributed by atoms with Crippen molar-refractivity contribution < 1.29 is 9.88 Å². The van der Waals surface area contributed by atoms with Crippen molar-refractivity contribution in [3.05, 3.63) is 47.0 Å². The van der Waals surface area contributed by atoms with Crippen LogP contribution in [0.15, 0.2) is 30.3 Å². The molecular weight excluding hydrogens is 300 g/mol. The predicted molar refractivity (Wildman–Crippen MR) is 94.9 cm³/mol. The third kappa shape index (κ3) is 2.69. The number of rotatable bonds is 4. The molecule has 4 rings (SSSR count). The molecule has 1 unspecified atom stereocenters. The van der Waals surface area contributed by atoms with E-state index in [1.54, 1.807) is 0 Å². The van der Waals surface area contributed by atoms with E-state index >= 15 is 0 Å². The lowest BCUT2D eigenvalue weighted by atomic mass is 9.97. The molecule has 3 aromatic rings. The summed E-state index contributed by atoms with van der Waals surface area (Å²) in [6.45, 7) is 3.01. The van der Waals surface area contributed by atoms with Gasteiger partial charge >= 0.3 is 0 Å². The minimum atomic E-state index is 0.660. The highest BCUT2D eigenvalue weighted by atomic mass is 15.2. The highest BCUT2D eigenvalue weighted by Gasteiger charge is 2.28. The minimum absolute atomic E-state index is 0.660. The number of nitrogens with two attached hydrogens (primary N) is 1. The number of pyridine rings is 1. The van der Waals surface area contributed by atoms with Crippen LogP contribution in [-0.2, 0) is 19.4 Å². The van der Waals surface area contributed by atoms with Crippen molar-refractivity contribution in [2.75, 3.05) is 31.2 Å². The third-order valence-electron chi connectivity index (χ3n) is 4.84. The number of aromatic amines is 2. The Morgan fingerprint density at radius 2 is 2.12 bits per heavy atom. The summed E-state index contributed by atoms with van der Waals surface area (Å²) in [4.78, 5) is 4.95. The quantitative estimate of drug-likeness (QED) is 0.552. The SMILES string of the molecule is C[NH+]1CCc2c(c(NCCc3ccccc3)[nH+]c3n[nH]c(N)c23)C1. The maximum atomic E-state index is 6.10. The number of nitrogens with one attached hydrogen (secondary N) is 4. The van der Waals surface area contributed by atoms with E-state index in [0.29, 0.717) is 5.82 Å². The van der Waals surface area contributed by atoms with Crippen molar-refractivity contribution in [3.8, 4) is 0 Å². The number of nitrogen functional groups attached to an aromatic ring is 1. The Kier molecular flexibility index (Phi) is 3.82. The predicted octanol–water partition coefficient (Wildman–Crippen LogP) is 0.185. The molecule has 0 bridgehead atoms. The molecule has 3 heterocycles. The lowest BCUT2D eigenvalue weighted by molar-refractivity contribution is -0.895. The average Bonchev–Trinajstić information content (AvgIpc) is 2.97. The second-order valence-electron chi connectivity index (χ2n) is 6.61. The first-order valence-corrected chi connectivity index (χ1v) is 8.52. The largest absolute Gasteiger partial charge is 0.382 e. The van der Waals surface area contributed by atoms with E-state index in [-0.39, 0.29) is 0 Å². The Hall–Kier alpha value is -2.60. The molecule has 0 radical (unpaired) electrons. The molecule has 2 aromatic heterocycles. The van der Waals surface area contributed by atoms with Crippen LogP contribution in [0.2, 0.25) is 0 Å². The number of aromatic nitrogens is 3. The molecule has 1 aliphatic heterocycles. The number of anilines is 2. The van der Waals surface area contributed by atoms with Crippen molar-refractivity contribution in [2.45, 2.75) is 19.4 Å². The van der Waals surface area contributed by atoms with E-state index in [2.05, 4.69) is 57.9 Å². The molecule has 24 heavy (non-hydrogen) atoms. The molecule has 1 aliphatic rings. The molecule has 0 saturated carbocycles. The van der Waals surface area contributed by atoms with Crippen molar-refractivity contribution in [2.24, 2.45) is 0 Å². The summed E-state index contributed by atoms with van der Waals surface area (Å²) < 4.78 is 0. The molecule has 6 nitrogen and oxygen atoms in total. The fourth-order valence-electron chi connectivity index (χ4n) is 3.57. The lowest BCUT2D eigenvalue weighted by Gasteiger charge is -2.23. The molecule has 124 valence electrons. The zero-order chi connectivity index (χ0) is 16.5. The van der Waals surface area contributed by atoms with Gasteiger partial charge in [0.2, 0.25) is 5.82 Å². The van der Waals surface area contributed by atoms with Crippen molar-refractivity contribution in [3.63, 3.8) is 0 Å². The van der Waals surface area contributed by atoms with Gasteiger partial charge in [0.05, 0.1) is 31.1 Å². The van der Waals surface area contributed by atoms with Crippen molar-refractivity contribution in [1.29, 1.82) is 0 Å². The van der Waals surface area contributed by atoms with Gasteiger partial charge in [0.25, 0.3) is 5.65 Å². The van der Waals surface area contributed by atoms with E-state index in [4.69, 9.17) is 5.73 Å². The second-order valence-corrected chi connectivity index (χ2v) is 6.61. The Bertz CT molecular complexity index is 855. The van der Waals surface area contributed by atoms with Gasteiger partial charge in [-0.2, -0.15) is 5.10 Å². The maximum Gasteiger partial charge on any atom is 0.295 e. The van der Waals surface area contributed by atoms with Crippen LogP contribution < -0.4 is 20.9 Å². The summed E-state index contributed by atoms with van der Waals surface area (Å²) in [5, 5.41) is 11.9. The number of hydrogen-bond donors (Lipinski definition) is 4. The van der Waals surface area contributed by atoms with Gasteiger partial charge in [-0.25, -0.2) is 4.98 Å². The standard InChI is InChI=1S/C18H22N6/c1-24-10-8-13-14(11-24)17(21-18-15(13)16(19)22-23-18)20-9-7-12-5-3-2-4-6-12/h2-6H,7-11H2,1H3,(H4,19,20,21,22,23)/p+2. The summed E-state index contributed by atoms with van der Waals surface area (Å²) in [7, 11) is 2.24. The van der Waals surface area contributed by atoms with Gasteiger partial charge in [-0.15, -0.1) is 0 Å². The molecule has 0 amide bonds. The number of H-pyrrole nitrogens is 2. The van der Waals surface area contributed by atoms with Gasteiger partial charge < -0.3 is 16.0 Å². The van der Waals surface area contributed by atoms with Gasteiger partial charge in [-0.1, -0.05) is 30.3 Å². The van der Waals surface area contributed by atoms with Crippen LogP contribution >= 0.6 is 0 Å². The molecule has 6 heteroatoms. The van der Waals surface area contributed by atoms with Crippen molar-refractivity contribution in [1.82, 2.24) is 10.2 Å². The number of quaternary nitrogens is 1. The van der Waals surface area contributed by atoms with Crippen LogP contribution in [0.1, 0.15) is 16.7 Å². The summed E-state index contributed by atoms with van der Waals surface area (Å²) in [5.41, 5.74) is 11.0. The molecule has 1 aromatic carbocycles. The van der Waals surface area contributed by atoms with E-state index in [0.717, 1.165) is 49.3 Å². The molecule has 6 N–H and O–H groups in total. The average molecular weight is 324 g/mol. The molecule has 0 spiro atoms. The molecule has 1 atom stereocenters. The lowest BCUT2D eigenvalue weighted by Crippen LogP contribution is -3.08. The fourth-order valence-corrected chi connectivity index (χ4v) is 3.57. The molecule has 0 fully saturated rings. The smallest absolute Gasteiger partial charge is 0.295 e. The van der Waals surface area contributed by atoms with Gasteiger partial charge in [0, 0.05) is 12.8 Å². The minimum Gasteiger partial charge on any atom is -0.382 e. The summed E-state index contributed by atoms with van der Waals surface area (Å²) >= 11 is 0. The van der Waals surface area contributed by atoms with Crippen LogP contribution in [0.25, 0.3) is 11.0 Å². The number of benzene rings is 1. The number of fused-ring (bicyclic) bond motifs is 3. The summed E-state index contributed by atoms with van der Waals surface area (Å²) in [6.07, 6.45) is 2.02. The van der Waals surface area contributed by atoms with Crippen LogP contribution in [0, 0.1) is 0 Å². The first-order valence-electron chi connectivity index (χ1n) is 8.52. The first kappa shape index (κ1) is 15.0. The zero-order valence-electron chi connectivity index (χ0n) is 13.9. The van der Waals surface area contributed by atoms with Gasteiger partial charge in [0.1, 0.15) is 12.4 Å². The van der Waals surface area contributed by atoms with Crippen LogP contribution in [0.3, 0.4) is 0 Å². The summed E-state index contributed by atoms with van der Waals surface area (Å²) in [5.74, 6) is 1.74. The van der Waals surface area contributed by atoms with Gasteiger partial charge in [-0.05, 0) is 16.2 Å². The van der Waals surface area contributed by atoms with Crippen molar-refractivity contribution >= 4 is 22.7 Å². The monoisotopic (exact) mass is 324 g/mol. The first-order chi connectivity index (χ1) is 11.7. The Morgan fingerprint density at radius 3 is 2.96 bits per heavy atom. The maximum absolute atomic E-state index is 6.10. The van der Waals surface area contributed by atoms with E-state index in [1.165, 1.54) is 21.6 Å². The van der Waals surface area contributed by atoms with Crippen LogP contribution in [0.5, 0.6) is 0 Å². The fraction of sp³-hybridized carbons (Fsp3) is 0.333. The van der Waals surface area contributed by atoms with E-state index < -0.39 is 0 Å². The number of nitrogens with zero attached hydrogens (tertiary/aromatic N) is 1. The second kappa shape index (κ2) is 6.13. The highest BCUT2D eigenvalue weighted by Crippen LogP contribution is 2.27. The Balaban J connectivity index is 1.63. The number of hydrogen-bond acceptors (Lipinski definition) is 3. The Morgan fingerprint density at radius 1 is 1.29 bits per heavy atom. The van der Waals surface area contributed by atoms with Crippen LogP contribution in [-0.4, -0.2) is 30.3 Å². The molecule has 0 aliphatic carbocycles. The van der Waals surface area contributed by atoms with Gasteiger partial charge in [0.15, 0.2) is 0 Å². The zero-order valence-corrected chi connectivity index (χ0v) is 13.9. The highest BCUT2D eigenvalue weighted by molar-refractivity contribution is 5.89. The molecular formula is C18H24N6+2. The topological polar surface area (TPSA) is 85.3 Å². The van der Waals surface area contributed by atoms with E-state index in [1.807, 2.05) is 0 Å². The molecule has 0 saturated heterocycles. The van der Waals surface area contributed by atoms with Gasteiger partial charge in [-0.3, -0.25) is 0 Å². The van der Waals surface area contributed by atoms with Crippen LogP contribution in [0.4, 0.5) is 11.6 Å². The summed E-state index contributed by atoms with van der Waals surface area (Å²) in [6, 6.07) is 10.5. The number of likely N-dealkylation sites (N-methyl/N-ethyl adjacent to an activating group) is 1. The van der Waals surface area contributed by atoms with E-state index in [9.17, 15) is 0 Å².